The van der Waals surface area contributed by atoms with Crippen LogP contribution < -0.4 is 16.0 Å². The standard InChI is InChI=1S/C32H41N5O9/c1-35(2)20-11-19(34-31(44)15-12-37(13-15)16-5-7-46-8-6-16)25(38)22-17(20)9-14-10-18-24(36(3)4)27(40)23(30(33)43)29(42)32(18,45)28(41)21(14)26(22)39/h11,14-16,18,24,38-39,42,45H,5-10,12-13H2,1-4H3,(H2,33,43)(H,34,44)/t14-,18-,24-,32-/m0/s1. The van der Waals surface area contributed by atoms with Crippen molar-refractivity contribution >= 4 is 40.5 Å². The number of carbonyl (C=O) groups excluding carboxylic acids is 4. The molecule has 2 amide bonds. The first-order valence-electron chi connectivity index (χ1n) is 15.5. The van der Waals surface area contributed by atoms with E-state index in [9.17, 15) is 39.6 Å². The van der Waals surface area contributed by atoms with Crippen molar-refractivity contribution in [3.63, 3.8) is 0 Å². The highest BCUT2D eigenvalue weighted by atomic mass is 16.5. The van der Waals surface area contributed by atoms with Gasteiger partial charge in [0.15, 0.2) is 11.4 Å². The summed E-state index contributed by atoms with van der Waals surface area (Å²) in [5.74, 6) is -7.82. The molecule has 2 heterocycles. The van der Waals surface area contributed by atoms with Crippen molar-refractivity contribution in [2.24, 2.45) is 23.5 Å². The van der Waals surface area contributed by atoms with E-state index in [1.165, 1.54) is 4.90 Å². The van der Waals surface area contributed by atoms with Gasteiger partial charge >= 0.3 is 0 Å². The summed E-state index contributed by atoms with van der Waals surface area (Å²) < 4.78 is 5.43. The summed E-state index contributed by atoms with van der Waals surface area (Å²) in [5.41, 5.74) is 2.64. The number of hydrogen-bond donors (Lipinski definition) is 6. The second-order valence-corrected chi connectivity index (χ2v) is 13.5. The Kier molecular flexibility index (Phi) is 7.90. The number of aliphatic hydroxyl groups excluding tert-OH is 2. The Balaban J connectivity index is 1.38. The maximum absolute atomic E-state index is 14.2. The van der Waals surface area contributed by atoms with Gasteiger partial charge in [-0.3, -0.25) is 29.0 Å². The number of hydrogen-bond acceptors (Lipinski definition) is 12. The number of anilines is 2. The molecule has 14 heteroatoms. The van der Waals surface area contributed by atoms with Crippen molar-refractivity contribution in [1.82, 2.24) is 9.80 Å². The topological polar surface area (TPSA) is 206 Å². The minimum Gasteiger partial charge on any atom is -0.508 e. The third-order valence-electron chi connectivity index (χ3n) is 10.4. The van der Waals surface area contributed by atoms with Crippen LogP contribution in [0.15, 0.2) is 23.0 Å². The molecule has 1 saturated carbocycles. The lowest BCUT2D eigenvalue weighted by molar-refractivity contribution is -0.153. The molecule has 248 valence electrons. The molecule has 1 aromatic rings. The van der Waals surface area contributed by atoms with Crippen LogP contribution in [0.5, 0.6) is 5.75 Å². The molecule has 2 aliphatic heterocycles. The fraction of sp³-hybridized carbons (Fsp3) is 0.562. The van der Waals surface area contributed by atoms with E-state index in [1.54, 1.807) is 39.2 Å². The SMILES string of the molecule is CN(C)c1cc(NC(=O)C2CN(C3CCOCC3)C2)c(O)c2c1C[C@H]1C[C@H]3[C@H](N(C)C)C(=O)C(C(N)=O)=C(O)[C@@]3(O)C(=O)C1=C2O. The summed E-state index contributed by atoms with van der Waals surface area (Å²) in [6, 6.07) is 0.837. The number of phenols is 1. The van der Waals surface area contributed by atoms with Crippen molar-refractivity contribution in [1.29, 1.82) is 0 Å². The van der Waals surface area contributed by atoms with Crippen molar-refractivity contribution in [3.8, 4) is 5.75 Å². The molecule has 14 nitrogen and oxygen atoms in total. The van der Waals surface area contributed by atoms with Gasteiger partial charge in [0.05, 0.1) is 23.2 Å². The molecule has 2 saturated heterocycles. The average Bonchev–Trinajstić information content (AvgIpc) is 2.95. The smallest absolute Gasteiger partial charge is 0.255 e. The van der Waals surface area contributed by atoms with Crippen LogP contribution in [0, 0.1) is 17.8 Å². The summed E-state index contributed by atoms with van der Waals surface area (Å²) in [5, 5.41) is 48.9. The first kappa shape index (κ1) is 32.0. The van der Waals surface area contributed by atoms with Crippen LogP contribution in [0.3, 0.4) is 0 Å². The first-order valence-corrected chi connectivity index (χ1v) is 15.5. The predicted molar refractivity (Wildman–Crippen MR) is 166 cm³/mol. The van der Waals surface area contributed by atoms with Gasteiger partial charge in [-0.05, 0) is 57.3 Å². The normalized spacial score (nSPS) is 28.9. The van der Waals surface area contributed by atoms with Gasteiger partial charge in [-0.25, -0.2) is 0 Å². The number of phenolic OH excluding ortho intramolecular Hbond substituents is 1. The van der Waals surface area contributed by atoms with E-state index in [0.29, 0.717) is 43.6 Å². The highest BCUT2D eigenvalue weighted by molar-refractivity contribution is 6.24. The molecule has 0 aromatic heterocycles. The van der Waals surface area contributed by atoms with Crippen LogP contribution in [0.25, 0.3) is 5.76 Å². The van der Waals surface area contributed by atoms with Crippen LogP contribution in [0.2, 0.25) is 0 Å². The summed E-state index contributed by atoms with van der Waals surface area (Å²) >= 11 is 0. The molecule has 5 aliphatic rings. The van der Waals surface area contributed by atoms with Crippen molar-refractivity contribution in [2.75, 3.05) is 64.7 Å². The van der Waals surface area contributed by atoms with Gasteiger partial charge in [0.2, 0.25) is 11.7 Å². The number of nitrogens with zero attached hydrogens (tertiary/aromatic N) is 3. The van der Waals surface area contributed by atoms with Gasteiger partial charge < -0.3 is 41.1 Å². The molecule has 0 spiro atoms. The molecule has 46 heavy (non-hydrogen) atoms. The van der Waals surface area contributed by atoms with Gasteiger partial charge in [-0.15, -0.1) is 0 Å². The van der Waals surface area contributed by atoms with Gasteiger partial charge in [-0.1, -0.05) is 0 Å². The van der Waals surface area contributed by atoms with E-state index in [4.69, 9.17) is 10.5 Å². The van der Waals surface area contributed by atoms with Gasteiger partial charge in [0.25, 0.3) is 5.91 Å². The number of nitrogens with two attached hydrogens (primary N) is 1. The van der Waals surface area contributed by atoms with E-state index in [0.717, 1.165) is 12.8 Å². The summed E-state index contributed by atoms with van der Waals surface area (Å²) in [4.78, 5) is 58.4. The minimum atomic E-state index is -2.73. The molecular weight excluding hydrogens is 598 g/mol. The third-order valence-corrected chi connectivity index (χ3v) is 10.4. The molecule has 7 N–H and O–H groups in total. The molecule has 0 bridgehead atoms. The van der Waals surface area contributed by atoms with E-state index < -0.39 is 63.8 Å². The maximum atomic E-state index is 14.2. The number of nitrogens with one attached hydrogen (secondary N) is 1. The number of benzene rings is 1. The van der Waals surface area contributed by atoms with E-state index in [1.807, 2.05) is 0 Å². The molecular formula is C32H41N5O9. The lowest BCUT2D eigenvalue weighted by Crippen LogP contribution is -2.65. The van der Waals surface area contributed by atoms with Crippen LogP contribution in [0.1, 0.15) is 30.4 Å². The van der Waals surface area contributed by atoms with Crippen LogP contribution in [-0.4, -0.2) is 126 Å². The largest absolute Gasteiger partial charge is 0.508 e. The number of ether oxygens (including phenoxy) is 1. The molecule has 3 fully saturated rings. The number of likely N-dealkylation sites (tertiary alicyclic amines) is 1. The number of fused-ring (bicyclic) bond motifs is 3. The second kappa shape index (κ2) is 11.4. The Morgan fingerprint density at radius 2 is 1.74 bits per heavy atom. The van der Waals surface area contributed by atoms with Gasteiger partial charge in [0.1, 0.15) is 22.8 Å². The zero-order valence-electron chi connectivity index (χ0n) is 26.4. The number of ketones is 2. The number of amides is 2. The van der Waals surface area contributed by atoms with Crippen LogP contribution in [0.4, 0.5) is 11.4 Å². The number of aliphatic hydroxyl groups is 3. The quantitative estimate of drug-likeness (QED) is 0.181. The van der Waals surface area contributed by atoms with Gasteiger partial charge in [0, 0.05) is 63.6 Å². The number of aromatic hydroxyl groups is 1. The van der Waals surface area contributed by atoms with Crippen molar-refractivity contribution in [2.45, 2.75) is 43.4 Å². The summed E-state index contributed by atoms with van der Waals surface area (Å²) in [6.07, 6.45) is 1.97. The Hall–Kier alpha value is -3.98. The van der Waals surface area contributed by atoms with Crippen molar-refractivity contribution < 1.29 is 44.3 Å². The predicted octanol–water partition coefficient (Wildman–Crippen LogP) is 0.0793. The molecule has 4 atom stereocenters. The lowest BCUT2D eigenvalue weighted by atomic mass is 9.57. The highest BCUT2D eigenvalue weighted by Gasteiger charge is 2.64. The van der Waals surface area contributed by atoms with E-state index in [2.05, 4.69) is 10.2 Å². The Labute approximate surface area is 266 Å². The minimum absolute atomic E-state index is 0.0107. The average molecular weight is 640 g/mol. The molecule has 0 unspecified atom stereocenters. The number of likely N-dealkylation sites (N-methyl/N-ethyl adjacent to an activating group) is 1. The van der Waals surface area contributed by atoms with E-state index in [-0.39, 0.29) is 41.5 Å². The Bertz CT molecular complexity index is 1590. The number of Topliss-reactive ketones (excluding diaryl/α,β-unsaturated/α-hetero) is 2. The summed E-state index contributed by atoms with van der Waals surface area (Å²) in [6.45, 7) is 2.56. The first-order chi connectivity index (χ1) is 21.7. The maximum Gasteiger partial charge on any atom is 0.255 e. The zero-order chi connectivity index (χ0) is 33.4. The molecule has 6 rings (SSSR count). The molecule has 1 aromatic carbocycles. The fourth-order valence-electron chi connectivity index (χ4n) is 8.05. The lowest BCUT2D eigenvalue weighted by Gasteiger charge is -2.50. The van der Waals surface area contributed by atoms with Gasteiger partial charge in [-0.2, -0.15) is 0 Å². The zero-order valence-corrected chi connectivity index (χ0v) is 26.4. The monoisotopic (exact) mass is 639 g/mol. The van der Waals surface area contributed by atoms with Crippen molar-refractivity contribution in [3.05, 3.63) is 34.1 Å². The van der Waals surface area contributed by atoms with E-state index >= 15 is 0 Å². The fourth-order valence-corrected chi connectivity index (χ4v) is 8.05. The highest BCUT2D eigenvalue weighted by Crippen LogP contribution is 2.54. The molecule has 3 aliphatic carbocycles. The number of rotatable bonds is 6. The molecule has 0 radical (unpaired) electrons. The summed E-state index contributed by atoms with van der Waals surface area (Å²) in [7, 11) is 6.65. The van der Waals surface area contributed by atoms with Crippen LogP contribution in [-0.2, 0) is 30.3 Å². The Morgan fingerprint density at radius 1 is 1.09 bits per heavy atom. The second-order valence-electron chi connectivity index (χ2n) is 13.5. The Morgan fingerprint density at radius 3 is 2.33 bits per heavy atom. The third kappa shape index (κ3) is 4.69. The number of primary amides is 1. The van der Waals surface area contributed by atoms with Crippen LogP contribution >= 0.6 is 0 Å². The number of carbonyl (C=O) groups is 4.